The minimum absolute atomic E-state index is 0.0381. The van der Waals surface area contributed by atoms with Crippen molar-refractivity contribution in [3.05, 3.63) is 0 Å². The maximum absolute atomic E-state index is 13.4. The van der Waals surface area contributed by atoms with Gasteiger partial charge in [-0.25, -0.2) is 0 Å². The Labute approximate surface area is 178 Å². The summed E-state index contributed by atoms with van der Waals surface area (Å²) in [5.41, 5.74) is -1.07. The van der Waals surface area contributed by atoms with Crippen molar-refractivity contribution in [1.82, 2.24) is 10.2 Å². The number of β-amino-alcohol motifs (C(OH)–C–C–N with tert-alkyl or cyclic N) is 1. The molecule has 9 heteroatoms. The number of nitrogens with one attached hydrogen (secondary N) is 1. The third-order valence-electron chi connectivity index (χ3n) is 6.89. The number of halogens is 1. The highest BCUT2D eigenvalue weighted by Crippen LogP contribution is 2.60. The molecule has 29 heavy (non-hydrogen) atoms. The van der Waals surface area contributed by atoms with Gasteiger partial charge in [0, 0.05) is 17.4 Å². The number of amides is 2. The molecule has 4 rings (SSSR count). The highest BCUT2D eigenvalue weighted by atomic mass is 79.9. The zero-order valence-corrected chi connectivity index (χ0v) is 18.2. The Hall–Kier alpha value is -1.19. The largest absolute Gasteiger partial charge is 0.466 e. The van der Waals surface area contributed by atoms with E-state index in [1.165, 1.54) is 11.3 Å². The third kappa shape index (κ3) is 3.29. The van der Waals surface area contributed by atoms with Gasteiger partial charge in [0.25, 0.3) is 0 Å². The van der Waals surface area contributed by atoms with Gasteiger partial charge < -0.3 is 24.8 Å². The molecule has 3 saturated heterocycles. The van der Waals surface area contributed by atoms with Crippen molar-refractivity contribution in [3.63, 3.8) is 0 Å². The van der Waals surface area contributed by atoms with E-state index in [1.807, 2.05) is 0 Å². The molecule has 1 unspecified atom stereocenters. The van der Waals surface area contributed by atoms with Crippen LogP contribution in [0.15, 0.2) is 0 Å². The summed E-state index contributed by atoms with van der Waals surface area (Å²) in [6, 6.07) is -0.754. The number of aliphatic hydroxyl groups excluding tert-OH is 1. The van der Waals surface area contributed by atoms with Crippen LogP contribution >= 0.6 is 15.9 Å². The van der Waals surface area contributed by atoms with Crippen LogP contribution in [0.25, 0.3) is 0 Å². The number of nitrogens with zero attached hydrogens (tertiary/aromatic N) is 1. The number of carbonyl (C=O) groups is 3. The zero-order valence-electron chi connectivity index (χ0n) is 16.6. The van der Waals surface area contributed by atoms with Crippen molar-refractivity contribution >= 4 is 33.7 Å². The van der Waals surface area contributed by atoms with E-state index in [-0.39, 0.29) is 42.4 Å². The molecule has 0 aromatic carbocycles. The van der Waals surface area contributed by atoms with Crippen molar-refractivity contribution in [2.75, 3.05) is 19.8 Å². The summed E-state index contributed by atoms with van der Waals surface area (Å²) in [5, 5.41) is 12.7. The first-order valence-corrected chi connectivity index (χ1v) is 11.6. The zero-order chi connectivity index (χ0) is 20.8. The normalized spacial score (nSPS) is 38.9. The molecule has 4 aliphatic rings. The van der Waals surface area contributed by atoms with Gasteiger partial charge in [-0.2, -0.15) is 0 Å². The summed E-state index contributed by atoms with van der Waals surface area (Å²) in [5.74, 6) is -2.50. The maximum Gasteiger partial charge on any atom is 0.312 e. The second kappa shape index (κ2) is 8.15. The molecular weight excluding hydrogens is 444 g/mol. The van der Waals surface area contributed by atoms with Crippen LogP contribution in [0.5, 0.6) is 0 Å². The smallest absolute Gasteiger partial charge is 0.312 e. The molecular formula is C20H29BrN2O6. The molecule has 1 aliphatic carbocycles. The van der Waals surface area contributed by atoms with E-state index < -0.39 is 35.6 Å². The van der Waals surface area contributed by atoms with E-state index in [0.717, 1.165) is 25.7 Å². The third-order valence-corrected chi connectivity index (χ3v) is 7.73. The number of likely N-dealkylation sites (tertiary alicyclic amines) is 1. The molecule has 2 N–H and O–H groups in total. The Morgan fingerprint density at radius 2 is 2.07 bits per heavy atom. The number of hydrogen-bond donors (Lipinski definition) is 2. The molecule has 2 amide bonds. The number of fused-ring (bicyclic) bond motifs is 1. The van der Waals surface area contributed by atoms with Gasteiger partial charge in [0.2, 0.25) is 11.8 Å². The predicted molar refractivity (Wildman–Crippen MR) is 106 cm³/mol. The van der Waals surface area contributed by atoms with Crippen LogP contribution in [0.1, 0.15) is 45.4 Å². The Bertz CT molecular complexity index is 684. The van der Waals surface area contributed by atoms with E-state index in [9.17, 15) is 19.5 Å². The fraction of sp³-hybridized carbons (Fsp3) is 0.850. The molecule has 3 aliphatic heterocycles. The van der Waals surface area contributed by atoms with Gasteiger partial charge in [0.1, 0.15) is 11.6 Å². The van der Waals surface area contributed by atoms with E-state index in [2.05, 4.69) is 21.2 Å². The summed E-state index contributed by atoms with van der Waals surface area (Å²) >= 11 is 3.60. The summed E-state index contributed by atoms with van der Waals surface area (Å²) in [6.07, 6.45) is 5.16. The molecule has 0 aromatic rings. The molecule has 4 fully saturated rings. The average Bonchev–Trinajstić information content (AvgIpc) is 3.27. The lowest BCUT2D eigenvalue weighted by atomic mass is 9.70. The first-order valence-electron chi connectivity index (χ1n) is 10.6. The highest BCUT2D eigenvalue weighted by Gasteiger charge is 2.76. The van der Waals surface area contributed by atoms with Gasteiger partial charge in [-0.05, 0) is 26.2 Å². The van der Waals surface area contributed by atoms with Crippen molar-refractivity contribution in [2.24, 2.45) is 11.8 Å². The summed E-state index contributed by atoms with van der Waals surface area (Å²) < 4.78 is 11.5. The first-order chi connectivity index (χ1) is 13.9. The number of alkyl halides is 1. The maximum atomic E-state index is 13.4. The van der Waals surface area contributed by atoms with Crippen molar-refractivity contribution in [1.29, 1.82) is 0 Å². The van der Waals surface area contributed by atoms with Crippen LogP contribution in [0, 0.1) is 11.8 Å². The van der Waals surface area contributed by atoms with Crippen molar-refractivity contribution in [3.8, 4) is 0 Å². The van der Waals surface area contributed by atoms with Crippen LogP contribution in [0.2, 0.25) is 0 Å². The lowest BCUT2D eigenvalue weighted by molar-refractivity contribution is -0.154. The van der Waals surface area contributed by atoms with Crippen LogP contribution in [-0.2, 0) is 23.9 Å². The number of carbonyl (C=O) groups excluding carboxylic acids is 3. The van der Waals surface area contributed by atoms with Gasteiger partial charge >= 0.3 is 5.97 Å². The van der Waals surface area contributed by atoms with E-state index >= 15 is 0 Å². The van der Waals surface area contributed by atoms with Crippen LogP contribution in [0.3, 0.4) is 0 Å². The Kier molecular flexibility index (Phi) is 5.92. The summed E-state index contributed by atoms with van der Waals surface area (Å²) in [7, 11) is 0. The standard InChI is InChI=1S/C20H29BrN2O6/c1-2-28-19(27)13-14-18(26)23(8-9-24)16(20(14)10-12(21)15(13)29-20)17(25)22-11-6-4-3-5-7-11/h11-16,24H,2-10H2,1H3,(H,22,25)/t12?,13-,14+,15-,16-,20+/m0/s1. The summed E-state index contributed by atoms with van der Waals surface area (Å²) in [6.45, 7) is 1.72. The molecule has 0 radical (unpaired) electrons. The van der Waals surface area contributed by atoms with Crippen LogP contribution < -0.4 is 5.32 Å². The van der Waals surface area contributed by atoms with E-state index in [1.54, 1.807) is 6.92 Å². The van der Waals surface area contributed by atoms with Crippen LogP contribution in [-0.4, -0.2) is 76.2 Å². The van der Waals surface area contributed by atoms with Crippen molar-refractivity contribution in [2.45, 2.75) is 74.1 Å². The fourth-order valence-electron chi connectivity index (χ4n) is 5.81. The molecule has 0 aromatic heterocycles. The molecule has 6 atom stereocenters. The van der Waals surface area contributed by atoms with Crippen LogP contribution in [0.4, 0.5) is 0 Å². The minimum Gasteiger partial charge on any atom is -0.466 e. The lowest BCUT2D eigenvalue weighted by Gasteiger charge is -2.35. The van der Waals surface area contributed by atoms with Gasteiger partial charge in [0.05, 0.1) is 31.2 Å². The first kappa shape index (κ1) is 21.1. The number of aliphatic hydroxyl groups is 1. The SMILES string of the molecule is CCOC(=O)[C@@H]1[C@H]2O[C@@]3(CC2Br)[C@H](C(=O)NC2CCCCC2)N(CCO)C(=O)[C@@H]13. The van der Waals surface area contributed by atoms with Gasteiger partial charge in [0.15, 0.2) is 0 Å². The monoisotopic (exact) mass is 472 g/mol. The number of rotatable bonds is 6. The molecule has 1 saturated carbocycles. The van der Waals surface area contributed by atoms with Gasteiger partial charge in [-0.15, -0.1) is 0 Å². The lowest BCUT2D eigenvalue weighted by Crippen LogP contribution is -2.57. The Morgan fingerprint density at radius 3 is 2.72 bits per heavy atom. The second-order valence-electron chi connectivity index (χ2n) is 8.51. The predicted octanol–water partition coefficient (Wildman–Crippen LogP) is 0.739. The fourth-order valence-corrected chi connectivity index (χ4v) is 6.76. The van der Waals surface area contributed by atoms with Gasteiger partial charge in [-0.3, -0.25) is 14.4 Å². The molecule has 3 heterocycles. The van der Waals surface area contributed by atoms with E-state index in [4.69, 9.17) is 9.47 Å². The Balaban J connectivity index is 1.65. The molecule has 2 bridgehead atoms. The second-order valence-corrected chi connectivity index (χ2v) is 9.69. The molecule has 1 spiro atoms. The number of esters is 1. The Morgan fingerprint density at radius 1 is 1.34 bits per heavy atom. The van der Waals surface area contributed by atoms with Gasteiger partial charge in [-0.1, -0.05) is 35.2 Å². The average molecular weight is 473 g/mol. The molecule has 8 nitrogen and oxygen atoms in total. The van der Waals surface area contributed by atoms with E-state index in [0.29, 0.717) is 6.42 Å². The van der Waals surface area contributed by atoms with Crippen molar-refractivity contribution < 1.29 is 29.0 Å². The number of ether oxygens (including phenoxy) is 2. The highest BCUT2D eigenvalue weighted by molar-refractivity contribution is 9.09. The summed E-state index contributed by atoms with van der Waals surface area (Å²) in [4.78, 5) is 40.7. The quantitative estimate of drug-likeness (QED) is 0.436. The number of hydrogen-bond acceptors (Lipinski definition) is 6. The topological polar surface area (TPSA) is 105 Å². The minimum atomic E-state index is -1.07. The molecule has 162 valence electrons.